The Kier molecular flexibility index (Phi) is 6.06. The summed E-state index contributed by atoms with van der Waals surface area (Å²) < 4.78 is 37.1. The normalized spacial score (nSPS) is 10.3. The maximum atomic E-state index is 13.7. The van der Waals surface area contributed by atoms with Crippen LogP contribution in [0.4, 0.5) is 8.78 Å². The van der Waals surface area contributed by atoms with Crippen LogP contribution in [-0.2, 0) is 0 Å². The van der Waals surface area contributed by atoms with Gasteiger partial charge >= 0.3 is 0 Å². The number of halogens is 2. The van der Waals surface area contributed by atoms with Gasteiger partial charge in [0.25, 0.3) is 5.91 Å². The Balaban J connectivity index is 1.94. The number of pyridine rings is 1. The van der Waals surface area contributed by atoms with Crippen molar-refractivity contribution in [3.8, 4) is 11.5 Å². The number of nitrogens with zero attached hydrogens (tertiary/aromatic N) is 2. The number of carbonyl (C=O) groups excluding carboxylic acids is 1. The minimum Gasteiger partial charge on any atom is -0.497 e. The van der Waals surface area contributed by atoms with Crippen molar-refractivity contribution >= 4 is 5.91 Å². The Morgan fingerprint density at radius 2 is 1.88 bits per heavy atom. The molecule has 0 fully saturated rings. The topological polar surface area (TPSA) is 51.7 Å². The molecule has 7 heteroatoms. The summed E-state index contributed by atoms with van der Waals surface area (Å²) in [7, 11) is 1.57. The molecular formula is C17H18F2N2O3. The molecule has 0 radical (unpaired) electrons. The summed E-state index contributed by atoms with van der Waals surface area (Å²) in [5, 5.41) is 0. The molecule has 0 saturated heterocycles. The lowest BCUT2D eigenvalue weighted by atomic mass is 10.3. The first-order valence-electron chi connectivity index (χ1n) is 7.42. The van der Waals surface area contributed by atoms with Crippen molar-refractivity contribution in [2.45, 2.75) is 6.92 Å². The van der Waals surface area contributed by atoms with E-state index in [1.165, 1.54) is 4.90 Å². The predicted octanol–water partition coefficient (Wildman–Crippen LogP) is 2.91. The third kappa shape index (κ3) is 4.41. The molecule has 0 atom stereocenters. The summed E-state index contributed by atoms with van der Waals surface area (Å²) in [5.41, 5.74) is -0.400. The van der Waals surface area contributed by atoms with Gasteiger partial charge in [-0.25, -0.2) is 13.8 Å². The zero-order valence-corrected chi connectivity index (χ0v) is 13.5. The van der Waals surface area contributed by atoms with Crippen LogP contribution in [0.25, 0.3) is 0 Å². The van der Waals surface area contributed by atoms with E-state index in [2.05, 4.69) is 4.98 Å². The maximum Gasteiger partial charge on any atom is 0.275 e. The molecule has 0 spiro atoms. The van der Waals surface area contributed by atoms with Gasteiger partial charge in [-0.2, -0.15) is 0 Å². The number of rotatable bonds is 7. The van der Waals surface area contributed by atoms with Crippen LogP contribution in [0.5, 0.6) is 11.5 Å². The minimum absolute atomic E-state index is 0.231. The number of amides is 1. The average Bonchev–Trinajstić information content (AvgIpc) is 2.59. The van der Waals surface area contributed by atoms with Crippen LogP contribution < -0.4 is 9.47 Å². The molecule has 2 aromatic rings. The SMILES string of the molecule is CCN(CCOc1ccc(OC)cc1)C(=O)c1ncc(F)cc1F. The molecule has 1 heterocycles. The quantitative estimate of drug-likeness (QED) is 0.780. The van der Waals surface area contributed by atoms with E-state index in [0.717, 1.165) is 6.20 Å². The van der Waals surface area contributed by atoms with Crippen molar-refractivity contribution in [1.82, 2.24) is 9.88 Å². The number of likely N-dealkylation sites (N-methyl/N-ethyl adjacent to an activating group) is 1. The van der Waals surface area contributed by atoms with E-state index in [9.17, 15) is 13.6 Å². The Bertz CT molecular complexity index is 693. The summed E-state index contributed by atoms with van der Waals surface area (Å²) in [5.74, 6) is -1.06. The van der Waals surface area contributed by atoms with Crippen LogP contribution in [0, 0.1) is 11.6 Å². The Hall–Kier alpha value is -2.70. The van der Waals surface area contributed by atoms with Gasteiger partial charge in [-0.3, -0.25) is 4.79 Å². The van der Waals surface area contributed by atoms with Crippen molar-refractivity contribution in [2.75, 3.05) is 26.8 Å². The third-order valence-electron chi connectivity index (χ3n) is 3.37. The lowest BCUT2D eigenvalue weighted by molar-refractivity contribution is 0.0728. The summed E-state index contributed by atoms with van der Waals surface area (Å²) >= 11 is 0. The van der Waals surface area contributed by atoms with Crippen LogP contribution in [-0.4, -0.2) is 42.6 Å². The van der Waals surface area contributed by atoms with Crippen LogP contribution in [0.1, 0.15) is 17.4 Å². The number of hydrogen-bond donors (Lipinski definition) is 0. The van der Waals surface area contributed by atoms with Crippen molar-refractivity contribution in [2.24, 2.45) is 0 Å². The van der Waals surface area contributed by atoms with E-state index < -0.39 is 23.2 Å². The largest absolute Gasteiger partial charge is 0.497 e. The molecule has 2 rings (SSSR count). The molecule has 24 heavy (non-hydrogen) atoms. The highest BCUT2D eigenvalue weighted by atomic mass is 19.1. The highest BCUT2D eigenvalue weighted by Crippen LogP contribution is 2.17. The van der Waals surface area contributed by atoms with Gasteiger partial charge in [-0.15, -0.1) is 0 Å². The Labute approximate surface area is 138 Å². The molecule has 0 unspecified atom stereocenters. The second kappa shape index (κ2) is 8.24. The first-order chi connectivity index (χ1) is 11.5. The van der Waals surface area contributed by atoms with Gasteiger partial charge in [0.15, 0.2) is 11.5 Å². The van der Waals surface area contributed by atoms with Crippen molar-refractivity contribution in [3.05, 3.63) is 53.9 Å². The highest BCUT2D eigenvalue weighted by Gasteiger charge is 2.20. The van der Waals surface area contributed by atoms with E-state index >= 15 is 0 Å². The van der Waals surface area contributed by atoms with Gasteiger partial charge in [-0.05, 0) is 31.2 Å². The standard InChI is InChI=1S/C17H18F2N2O3/c1-3-21(17(22)16-15(19)10-12(18)11-20-16)8-9-24-14-6-4-13(23-2)5-7-14/h4-7,10-11H,3,8-9H2,1-2H3. The Morgan fingerprint density at radius 1 is 1.21 bits per heavy atom. The number of aromatic nitrogens is 1. The van der Waals surface area contributed by atoms with Gasteiger partial charge in [0.1, 0.15) is 23.9 Å². The second-order valence-corrected chi connectivity index (χ2v) is 4.89. The predicted molar refractivity (Wildman–Crippen MR) is 84.2 cm³/mol. The molecule has 0 aliphatic heterocycles. The third-order valence-corrected chi connectivity index (χ3v) is 3.37. The fraction of sp³-hybridized carbons (Fsp3) is 0.294. The fourth-order valence-electron chi connectivity index (χ4n) is 2.07. The van der Waals surface area contributed by atoms with Crippen molar-refractivity contribution in [1.29, 1.82) is 0 Å². The van der Waals surface area contributed by atoms with Gasteiger partial charge in [0.2, 0.25) is 0 Å². The lowest BCUT2D eigenvalue weighted by Gasteiger charge is -2.20. The van der Waals surface area contributed by atoms with Crippen molar-refractivity contribution < 1.29 is 23.0 Å². The van der Waals surface area contributed by atoms with Gasteiger partial charge in [0.05, 0.1) is 19.9 Å². The number of hydrogen-bond acceptors (Lipinski definition) is 4. The van der Waals surface area contributed by atoms with Gasteiger partial charge in [0, 0.05) is 12.6 Å². The lowest BCUT2D eigenvalue weighted by Crippen LogP contribution is -2.35. The molecule has 1 aromatic heterocycles. The number of methoxy groups -OCH3 is 1. The summed E-state index contributed by atoms with van der Waals surface area (Å²) in [6.45, 7) is 2.59. The highest BCUT2D eigenvalue weighted by molar-refractivity contribution is 5.92. The number of benzene rings is 1. The zero-order valence-electron chi connectivity index (χ0n) is 13.5. The van der Waals surface area contributed by atoms with Crippen LogP contribution in [0.15, 0.2) is 36.5 Å². The molecule has 5 nitrogen and oxygen atoms in total. The van der Waals surface area contributed by atoms with E-state index in [-0.39, 0.29) is 13.2 Å². The van der Waals surface area contributed by atoms with E-state index in [4.69, 9.17) is 9.47 Å². The van der Waals surface area contributed by atoms with Crippen LogP contribution >= 0.6 is 0 Å². The maximum absolute atomic E-state index is 13.7. The van der Waals surface area contributed by atoms with E-state index in [1.807, 2.05) is 0 Å². The van der Waals surface area contributed by atoms with Crippen LogP contribution in [0.3, 0.4) is 0 Å². The number of carbonyl (C=O) groups is 1. The first kappa shape index (κ1) is 17.7. The van der Waals surface area contributed by atoms with E-state index in [0.29, 0.717) is 24.1 Å². The smallest absolute Gasteiger partial charge is 0.275 e. The van der Waals surface area contributed by atoms with Gasteiger partial charge in [-0.1, -0.05) is 0 Å². The molecule has 1 amide bonds. The summed E-state index contributed by atoms with van der Waals surface area (Å²) in [6.07, 6.45) is 0.817. The Morgan fingerprint density at radius 3 is 2.46 bits per heavy atom. The second-order valence-electron chi connectivity index (χ2n) is 4.89. The monoisotopic (exact) mass is 336 g/mol. The molecule has 0 aliphatic rings. The summed E-state index contributed by atoms with van der Waals surface area (Å²) in [4.78, 5) is 17.2. The molecule has 128 valence electrons. The molecule has 0 saturated carbocycles. The molecule has 0 aliphatic carbocycles. The molecular weight excluding hydrogens is 318 g/mol. The first-order valence-corrected chi connectivity index (χ1v) is 7.42. The zero-order chi connectivity index (χ0) is 17.5. The van der Waals surface area contributed by atoms with Crippen LogP contribution in [0.2, 0.25) is 0 Å². The number of ether oxygens (including phenoxy) is 2. The van der Waals surface area contributed by atoms with Gasteiger partial charge < -0.3 is 14.4 Å². The fourth-order valence-corrected chi connectivity index (χ4v) is 2.07. The minimum atomic E-state index is -0.977. The molecule has 1 aromatic carbocycles. The van der Waals surface area contributed by atoms with E-state index in [1.54, 1.807) is 38.3 Å². The average molecular weight is 336 g/mol. The molecule has 0 bridgehead atoms. The summed E-state index contributed by atoms with van der Waals surface area (Å²) in [6, 6.07) is 7.66. The molecule has 0 N–H and O–H groups in total. The van der Waals surface area contributed by atoms with Crippen molar-refractivity contribution in [3.63, 3.8) is 0 Å².